The molecule has 0 radical (unpaired) electrons. The second-order valence-electron chi connectivity index (χ2n) is 7.41. The van der Waals surface area contributed by atoms with Crippen LogP contribution in [0.3, 0.4) is 0 Å². The van der Waals surface area contributed by atoms with Crippen molar-refractivity contribution >= 4 is 35.9 Å². The highest BCUT2D eigenvalue weighted by molar-refractivity contribution is 14.0. The van der Waals surface area contributed by atoms with Gasteiger partial charge in [-0.15, -0.1) is 24.0 Å². The molecule has 0 aromatic carbocycles. The van der Waals surface area contributed by atoms with Gasteiger partial charge in [-0.2, -0.15) is 0 Å². The van der Waals surface area contributed by atoms with Crippen molar-refractivity contribution in [3.8, 4) is 0 Å². The topological polar surface area (TPSA) is 63.1 Å². The summed E-state index contributed by atoms with van der Waals surface area (Å²) in [5, 5.41) is 3.47. The fourth-order valence-corrected chi connectivity index (χ4v) is 3.60. The molecule has 2 aliphatic rings. The maximum absolute atomic E-state index is 4.96. The maximum Gasteiger partial charge on any atom is 0.225 e. The van der Waals surface area contributed by atoms with Crippen molar-refractivity contribution in [1.82, 2.24) is 30.0 Å². The number of nitrogens with one attached hydrogen (secondary N) is 1. The van der Waals surface area contributed by atoms with Gasteiger partial charge in [-0.05, 0) is 27.0 Å². The summed E-state index contributed by atoms with van der Waals surface area (Å²) in [6, 6.07) is 2.34. The Kier molecular flexibility index (Phi) is 9.66. The van der Waals surface area contributed by atoms with Crippen molar-refractivity contribution in [2.24, 2.45) is 4.99 Å². The first-order valence-corrected chi connectivity index (χ1v) is 10.1. The molecule has 1 aromatic rings. The minimum Gasteiger partial charge on any atom is -0.357 e. The van der Waals surface area contributed by atoms with Gasteiger partial charge in [-0.25, -0.2) is 9.97 Å². The summed E-state index contributed by atoms with van der Waals surface area (Å²) < 4.78 is 0. The number of likely N-dealkylation sites (N-methyl/N-ethyl adjacent to an activating group) is 1. The van der Waals surface area contributed by atoms with Crippen molar-refractivity contribution in [3.05, 3.63) is 18.5 Å². The van der Waals surface area contributed by atoms with Gasteiger partial charge in [-0.1, -0.05) is 0 Å². The number of anilines is 1. The van der Waals surface area contributed by atoms with Crippen molar-refractivity contribution < 1.29 is 0 Å². The third-order valence-electron chi connectivity index (χ3n) is 5.42. The lowest BCUT2D eigenvalue weighted by molar-refractivity contribution is 0.122. The standard InChI is InChI=1S/C19H34N8.HI/c1-4-20-18(23-16-17(2)25-10-8-24(3)9-11-25)26-12-14-27(15-13-26)19-21-6-5-7-22-19;/h5-7,17H,4,8-16H2,1-3H3,(H,20,23);1H. The molecule has 28 heavy (non-hydrogen) atoms. The molecular weight excluding hydrogens is 467 g/mol. The van der Waals surface area contributed by atoms with Gasteiger partial charge in [0.1, 0.15) is 0 Å². The minimum absolute atomic E-state index is 0. The molecule has 0 bridgehead atoms. The van der Waals surface area contributed by atoms with Gasteiger partial charge in [0.05, 0.1) is 6.54 Å². The van der Waals surface area contributed by atoms with Crippen LogP contribution in [0.1, 0.15) is 13.8 Å². The van der Waals surface area contributed by atoms with Crippen molar-refractivity contribution in [2.45, 2.75) is 19.9 Å². The van der Waals surface area contributed by atoms with E-state index in [2.05, 4.69) is 55.8 Å². The first kappa shape index (κ1) is 23.1. The quantitative estimate of drug-likeness (QED) is 0.364. The van der Waals surface area contributed by atoms with Gasteiger partial charge >= 0.3 is 0 Å². The highest BCUT2D eigenvalue weighted by atomic mass is 127. The number of rotatable bonds is 5. The van der Waals surface area contributed by atoms with Gasteiger partial charge in [-0.3, -0.25) is 9.89 Å². The average Bonchev–Trinajstić information content (AvgIpc) is 2.72. The largest absolute Gasteiger partial charge is 0.357 e. The monoisotopic (exact) mass is 502 g/mol. The minimum atomic E-state index is 0. The van der Waals surface area contributed by atoms with Gasteiger partial charge < -0.3 is 20.0 Å². The molecule has 2 saturated heterocycles. The second kappa shape index (κ2) is 11.7. The van der Waals surface area contributed by atoms with Crippen LogP contribution >= 0.6 is 24.0 Å². The Hall–Kier alpha value is -1.20. The van der Waals surface area contributed by atoms with Gasteiger partial charge in [0.25, 0.3) is 0 Å². The van der Waals surface area contributed by atoms with Crippen LogP contribution in [-0.4, -0.2) is 109 Å². The molecule has 0 spiro atoms. The Morgan fingerprint density at radius 3 is 2.32 bits per heavy atom. The fourth-order valence-electron chi connectivity index (χ4n) is 3.60. The van der Waals surface area contributed by atoms with Crippen LogP contribution in [0.4, 0.5) is 5.95 Å². The Morgan fingerprint density at radius 1 is 1.07 bits per heavy atom. The number of nitrogens with zero attached hydrogens (tertiary/aromatic N) is 7. The summed E-state index contributed by atoms with van der Waals surface area (Å²) in [5.41, 5.74) is 0. The van der Waals surface area contributed by atoms with E-state index in [-0.39, 0.29) is 24.0 Å². The summed E-state index contributed by atoms with van der Waals surface area (Å²) in [4.78, 5) is 23.2. The molecule has 1 unspecified atom stereocenters. The highest BCUT2D eigenvalue weighted by Crippen LogP contribution is 2.10. The van der Waals surface area contributed by atoms with E-state index in [0.717, 1.165) is 77.4 Å². The Bertz CT molecular complexity index is 583. The Labute approximate surface area is 186 Å². The van der Waals surface area contributed by atoms with Crippen LogP contribution in [0, 0.1) is 0 Å². The molecule has 9 heteroatoms. The zero-order valence-electron chi connectivity index (χ0n) is 17.4. The van der Waals surface area contributed by atoms with Crippen molar-refractivity contribution in [2.75, 3.05) is 77.4 Å². The van der Waals surface area contributed by atoms with Gasteiger partial charge in [0, 0.05) is 77.3 Å². The van der Waals surface area contributed by atoms with E-state index in [4.69, 9.17) is 4.99 Å². The van der Waals surface area contributed by atoms with E-state index >= 15 is 0 Å². The lowest BCUT2D eigenvalue weighted by atomic mass is 10.2. The zero-order valence-corrected chi connectivity index (χ0v) is 19.7. The second-order valence-corrected chi connectivity index (χ2v) is 7.41. The molecule has 8 nitrogen and oxygen atoms in total. The molecule has 2 fully saturated rings. The van der Waals surface area contributed by atoms with Gasteiger partial charge in [0.15, 0.2) is 5.96 Å². The normalized spacial score (nSPS) is 20.6. The van der Waals surface area contributed by atoms with Crippen LogP contribution < -0.4 is 10.2 Å². The van der Waals surface area contributed by atoms with Crippen molar-refractivity contribution in [1.29, 1.82) is 0 Å². The number of aromatic nitrogens is 2. The van der Waals surface area contributed by atoms with E-state index in [0.29, 0.717) is 6.04 Å². The van der Waals surface area contributed by atoms with E-state index in [1.54, 1.807) is 12.4 Å². The molecule has 2 aliphatic heterocycles. The Balaban J connectivity index is 0.00000280. The Morgan fingerprint density at radius 2 is 1.71 bits per heavy atom. The van der Waals surface area contributed by atoms with E-state index in [9.17, 15) is 0 Å². The molecule has 0 amide bonds. The molecule has 158 valence electrons. The fraction of sp³-hybridized carbons (Fsp3) is 0.737. The predicted molar refractivity (Wildman–Crippen MR) is 126 cm³/mol. The van der Waals surface area contributed by atoms with Crippen LogP contribution in [0.2, 0.25) is 0 Å². The predicted octanol–water partition coefficient (Wildman–Crippen LogP) is 0.818. The van der Waals surface area contributed by atoms with Crippen LogP contribution in [0.25, 0.3) is 0 Å². The third-order valence-corrected chi connectivity index (χ3v) is 5.42. The molecule has 3 heterocycles. The number of halogens is 1. The summed E-state index contributed by atoms with van der Waals surface area (Å²) in [7, 11) is 2.20. The maximum atomic E-state index is 4.96. The average molecular weight is 502 g/mol. The smallest absolute Gasteiger partial charge is 0.225 e. The zero-order chi connectivity index (χ0) is 19.1. The van der Waals surface area contributed by atoms with E-state index in [1.807, 2.05) is 6.07 Å². The van der Waals surface area contributed by atoms with Gasteiger partial charge in [0.2, 0.25) is 5.95 Å². The highest BCUT2D eigenvalue weighted by Gasteiger charge is 2.22. The first-order chi connectivity index (χ1) is 13.2. The third kappa shape index (κ3) is 6.41. The molecule has 0 aliphatic carbocycles. The lowest BCUT2D eigenvalue weighted by Gasteiger charge is -2.37. The SMILES string of the molecule is CCNC(=NCC(C)N1CCN(C)CC1)N1CCN(c2ncccn2)CC1.I. The number of aliphatic imine (C=N–C) groups is 1. The molecule has 1 N–H and O–H groups in total. The molecular formula is C19H35IN8. The van der Waals surface area contributed by atoms with E-state index in [1.165, 1.54) is 0 Å². The van der Waals surface area contributed by atoms with Crippen molar-refractivity contribution in [3.63, 3.8) is 0 Å². The van der Waals surface area contributed by atoms with Crippen LogP contribution in [0.15, 0.2) is 23.5 Å². The molecule has 1 aromatic heterocycles. The summed E-state index contributed by atoms with van der Waals surface area (Å²) in [6.45, 7) is 14.5. The summed E-state index contributed by atoms with van der Waals surface area (Å²) in [5.74, 6) is 1.86. The summed E-state index contributed by atoms with van der Waals surface area (Å²) in [6.07, 6.45) is 3.61. The molecule has 0 saturated carbocycles. The van der Waals surface area contributed by atoms with Crippen LogP contribution in [0.5, 0.6) is 0 Å². The first-order valence-electron chi connectivity index (χ1n) is 10.1. The van der Waals surface area contributed by atoms with E-state index < -0.39 is 0 Å². The number of hydrogen-bond acceptors (Lipinski definition) is 6. The molecule has 3 rings (SSSR count). The number of piperazine rings is 2. The number of hydrogen-bond donors (Lipinski definition) is 1. The number of guanidine groups is 1. The lowest BCUT2D eigenvalue weighted by Crippen LogP contribution is -2.53. The molecule has 1 atom stereocenters. The summed E-state index contributed by atoms with van der Waals surface area (Å²) >= 11 is 0. The van der Waals surface area contributed by atoms with Crippen LogP contribution in [-0.2, 0) is 0 Å².